The van der Waals surface area contributed by atoms with Crippen LogP contribution in [0, 0.1) is 5.92 Å². The summed E-state index contributed by atoms with van der Waals surface area (Å²) in [5.41, 5.74) is 3.95. The van der Waals surface area contributed by atoms with Crippen LogP contribution < -0.4 is 4.74 Å². The monoisotopic (exact) mass is 652 g/mol. The summed E-state index contributed by atoms with van der Waals surface area (Å²) in [6.07, 6.45) is 10.3. The molecule has 252 valence electrons. The van der Waals surface area contributed by atoms with Gasteiger partial charge in [-0.05, 0) is 88.3 Å². The SMILES string of the molecule is C[C@H](Oc1cccc(-c2cccc(-n3ncc(C(=O)O)c3C3CC3c3cn(C4CN(C(=O)OC(C)(C)C)C4)nn3)c2)c1)C1CCCCC1. The van der Waals surface area contributed by atoms with Crippen LogP contribution in [0.15, 0.2) is 60.9 Å². The van der Waals surface area contributed by atoms with E-state index in [9.17, 15) is 14.7 Å². The summed E-state index contributed by atoms with van der Waals surface area (Å²) in [5.74, 6) is 0.408. The van der Waals surface area contributed by atoms with Gasteiger partial charge in [0.2, 0.25) is 0 Å². The predicted octanol–water partition coefficient (Wildman–Crippen LogP) is 7.24. The van der Waals surface area contributed by atoms with Crippen molar-refractivity contribution in [2.45, 2.75) is 95.8 Å². The quantitative estimate of drug-likeness (QED) is 0.201. The molecule has 11 nitrogen and oxygen atoms in total. The number of hydrogen-bond donors (Lipinski definition) is 1. The van der Waals surface area contributed by atoms with E-state index in [4.69, 9.17) is 9.47 Å². The van der Waals surface area contributed by atoms with Gasteiger partial charge in [0.25, 0.3) is 0 Å². The molecule has 4 aromatic rings. The molecule has 1 N–H and O–H groups in total. The highest BCUT2D eigenvalue weighted by atomic mass is 16.6. The maximum atomic E-state index is 12.4. The van der Waals surface area contributed by atoms with E-state index in [-0.39, 0.29) is 35.6 Å². The Morgan fingerprint density at radius 1 is 0.979 bits per heavy atom. The summed E-state index contributed by atoms with van der Waals surface area (Å²) in [6.45, 7) is 8.75. The first-order valence-electron chi connectivity index (χ1n) is 17.1. The second kappa shape index (κ2) is 12.7. The first-order chi connectivity index (χ1) is 23.0. The molecule has 2 unspecified atom stereocenters. The number of aromatic carboxylic acids is 1. The molecule has 2 aromatic heterocycles. The third-order valence-electron chi connectivity index (χ3n) is 9.87. The Labute approximate surface area is 280 Å². The summed E-state index contributed by atoms with van der Waals surface area (Å²) >= 11 is 0. The summed E-state index contributed by atoms with van der Waals surface area (Å²) in [5, 5.41) is 23.5. The van der Waals surface area contributed by atoms with E-state index in [1.54, 1.807) is 14.3 Å². The molecule has 1 aliphatic heterocycles. The van der Waals surface area contributed by atoms with Gasteiger partial charge in [0, 0.05) is 31.1 Å². The minimum atomic E-state index is -1.00. The molecule has 1 saturated heterocycles. The summed E-state index contributed by atoms with van der Waals surface area (Å²) in [4.78, 5) is 26.4. The van der Waals surface area contributed by atoms with E-state index in [0.29, 0.717) is 24.7 Å². The maximum Gasteiger partial charge on any atom is 0.410 e. The lowest BCUT2D eigenvalue weighted by Crippen LogP contribution is -2.52. The molecule has 3 fully saturated rings. The summed E-state index contributed by atoms with van der Waals surface area (Å²) in [7, 11) is 0. The molecule has 0 bridgehead atoms. The summed E-state index contributed by atoms with van der Waals surface area (Å²) < 4.78 is 15.4. The number of ether oxygens (including phenoxy) is 2. The molecule has 2 aromatic carbocycles. The smallest absolute Gasteiger partial charge is 0.410 e. The number of rotatable bonds is 9. The Hall–Kier alpha value is -4.67. The van der Waals surface area contributed by atoms with Gasteiger partial charge in [0.05, 0.1) is 35.4 Å². The molecule has 3 aliphatic rings. The number of carbonyl (C=O) groups is 2. The lowest BCUT2D eigenvalue weighted by molar-refractivity contribution is -0.000633. The van der Waals surface area contributed by atoms with Gasteiger partial charge >= 0.3 is 12.1 Å². The van der Waals surface area contributed by atoms with Crippen LogP contribution in [0.3, 0.4) is 0 Å². The zero-order chi connectivity index (χ0) is 33.6. The maximum absolute atomic E-state index is 12.4. The van der Waals surface area contributed by atoms with E-state index in [1.807, 2.05) is 57.3 Å². The Morgan fingerprint density at radius 3 is 2.44 bits per heavy atom. The molecule has 1 amide bonds. The first-order valence-corrected chi connectivity index (χ1v) is 17.1. The molecule has 3 heterocycles. The van der Waals surface area contributed by atoms with Crippen LogP contribution in [0.4, 0.5) is 4.79 Å². The molecule has 2 saturated carbocycles. The van der Waals surface area contributed by atoms with E-state index in [0.717, 1.165) is 34.7 Å². The van der Waals surface area contributed by atoms with Crippen molar-refractivity contribution in [2.24, 2.45) is 5.92 Å². The molecule has 2 aliphatic carbocycles. The van der Waals surface area contributed by atoms with E-state index < -0.39 is 11.6 Å². The van der Waals surface area contributed by atoms with Gasteiger partial charge in [-0.3, -0.25) is 0 Å². The van der Waals surface area contributed by atoms with Gasteiger partial charge in [0.1, 0.15) is 16.9 Å². The summed E-state index contributed by atoms with van der Waals surface area (Å²) in [6, 6.07) is 16.2. The minimum Gasteiger partial charge on any atom is -0.490 e. The molecular weight excluding hydrogens is 608 g/mol. The fourth-order valence-corrected chi connectivity index (χ4v) is 7.13. The number of carboxylic acid groups (broad SMARTS) is 1. The number of amides is 1. The Bertz CT molecular complexity index is 1800. The topological polar surface area (TPSA) is 125 Å². The van der Waals surface area contributed by atoms with E-state index >= 15 is 0 Å². The van der Waals surface area contributed by atoms with Crippen LogP contribution in [0.2, 0.25) is 0 Å². The largest absolute Gasteiger partial charge is 0.490 e. The number of likely N-dealkylation sites (tertiary alicyclic amines) is 1. The second-order valence-electron chi connectivity index (χ2n) is 14.6. The number of nitrogens with zero attached hydrogens (tertiary/aromatic N) is 6. The highest BCUT2D eigenvalue weighted by Crippen LogP contribution is 2.55. The minimum absolute atomic E-state index is 0.0255. The molecule has 48 heavy (non-hydrogen) atoms. The number of carbonyl (C=O) groups excluding carboxylic acids is 1. The number of aromatic nitrogens is 5. The van der Waals surface area contributed by atoms with Crippen molar-refractivity contribution in [1.82, 2.24) is 29.7 Å². The van der Waals surface area contributed by atoms with Gasteiger partial charge in [0.15, 0.2) is 0 Å². The Kier molecular flexibility index (Phi) is 8.47. The van der Waals surface area contributed by atoms with Crippen molar-refractivity contribution >= 4 is 12.1 Å². The van der Waals surface area contributed by atoms with Crippen LogP contribution >= 0.6 is 0 Å². The Morgan fingerprint density at radius 2 is 1.71 bits per heavy atom. The van der Waals surface area contributed by atoms with Gasteiger partial charge in [-0.15, -0.1) is 5.10 Å². The van der Waals surface area contributed by atoms with Gasteiger partial charge in [-0.25, -0.2) is 19.0 Å². The first kappa shape index (κ1) is 31.9. The standard InChI is InChI=1S/C37H44N6O5/c1-23(24-10-6-5-7-11-24)47-29-15-9-13-26(17-29)25-12-8-14-27(16-25)43-34(32(19-38-43)35(44)45)31-18-30(31)33-22-42(40-39-33)28-20-41(21-28)36(46)48-37(2,3)4/h8-9,12-17,19,22-24,28,30-31H,5-7,10-11,18,20-21H2,1-4H3,(H,44,45)/t23-,30?,31?/m0/s1. The van der Waals surface area contributed by atoms with Crippen LogP contribution in [0.5, 0.6) is 5.75 Å². The van der Waals surface area contributed by atoms with Gasteiger partial charge < -0.3 is 19.5 Å². The van der Waals surface area contributed by atoms with Crippen LogP contribution in [-0.4, -0.2) is 71.6 Å². The third kappa shape index (κ3) is 6.68. The average Bonchev–Trinajstić information content (AvgIpc) is 3.44. The van der Waals surface area contributed by atoms with Gasteiger partial charge in [-0.2, -0.15) is 5.10 Å². The van der Waals surface area contributed by atoms with Crippen molar-refractivity contribution in [3.63, 3.8) is 0 Å². The van der Waals surface area contributed by atoms with Gasteiger partial charge in [-0.1, -0.05) is 48.7 Å². The molecule has 7 rings (SSSR count). The van der Waals surface area contributed by atoms with Crippen molar-refractivity contribution in [2.75, 3.05) is 13.1 Å². The fraction of sp³-hybridized carbons (Fsp3) is 0.486. The average molecular weight is 653 g/mol. The van der Waals surface area contributed by atoms with Crippen LogP contribution in [0.1, 0.15) is 106 Å². The number of hydrogen-bond acceptors (Lipinski definition) is 7. The lowest BCUT2D eigenvalue weighted by Gasteiger charge is -2.39. The number of benzene rings is 2. The van der Waals surface area contributed by atoms with Crippen LogP contribution in [-0.2, 0) is 4.74 Å². The van der Waals surface area contributed by atoms with Crippen molar-refractivity contribution in [3.05, 3.63) is 77.9 Å². The van der Waals surface area contributed by atoms with Crippen molar-refractivity contribution in [3.8, 4) is 22.6 Å². The molecular formula is C37H44N6O5. The molecule has 0 radical (unpaired) electrons. The van der Waals surface area contributed by atoms with Crippen molar-refractivity contribution < 1.29 is 24.2 Å². The number of carboxylic acids is 1. The molecule has 3 atom stereocenters. The Balaban J connectivity index is 1.07. The normalized spacial score (nSPS) is 20.6. The predicted molar refractivity (Wildman–Crippen MR) is 180 cm³/mol. The highest BCUT2D eigenvalue weighted by molar-refractivity contribution is 5.89. The zero-order valence-electron chi connectivity index (χ0n) is 28.1. The fourth-order valence-electron chi connectivity index (χ4n) is 7.13. The second-order valence-corrected chi connectivity index (χ2v) is 14.6. The van der Waals surface area contributed by atoms with E-state index in [1.165, 1.54) is 38.3 Å². The lowest BCUT2D eigenvalue weighted by atomic mass is 9.86. The third-order valence-corrected chi connectivity index (χ3v) is 9.87. The molecule has 11 heteroatoms. The van der Waals surface area contributed by atoms with Crippen LogP contribution in [0.25, 0.3) is 16.8 Å². The molecule has 0 spiro atoms. The van der Waals surface area contributed by atoms with E-state index in [2.05, 4.69) is 40.5 Å². The van der Waals surface area contributed by atoms with Crippen molar-refractivity contribution in [1.29, 1.82) is 0 Å². The zero-order valence-corrected chi connectivity index (χ0v) is 28.1. The highest BCUT2D eigenvalue weighted by Gasteiger charge is 2.46.